The lowest BCUT2D eigenvalue weighted by molar-refractivity contribution is 0.135. The van der Waals surface area contributed by atoms with Gasteiger partial charge < -0.3 is 9.15 Å². The summed E-state index contributed by atoms with van der Waals surface area (Å²) in [5, 5.41) is 12.4. The van der Waals surface area contributed by atoms with Crippen molar-refractivity contribution in [2.24, 2.45) is 5.10 Å². The summed E-state index contributed by atoms with van der Waals surface area (Å²) in [4.78, 5) is 0.713. The van der Waals surface area contributed by atoms with Crippen molar-refractivity contribution in [3.8, 4) is 5.75 Å². The Balaban J connectivity index is 1.49. The number of alkyl halides is 2. The summed E-state index contributed by atoms with van der Waals surface area (Å²) in [5.74, 6) is 1.10. The smallest absolute Gasteiger partial charge is 0.299 e. The molecule has 0 bridgehead atoms. The van der Waals surface area contributed by atoms with E-state index >= 15 is 0 Å². The first kappa shape index (κ1) is 19.9. The third-order valence-electron chi connectivity index (χ3n) is 3.88. The molecule has 29 heavy (non-hydrogen) atoms. The Hall–Kier alpha value is -2.36. The fourth-order valence-electron chi connectivity index (χ4n) is 2.50. The number of furan rings is 1. The highest BCUT2D eigenvalue weighted by Crippen LogP contribution is 2.35. The molecule has 0 unspecified atom stereocenters. The topological polar surface area (TPSA) is 65.4 Å². The second-order valence-electron chi connectivity index (χ2n) is 5.89. The fourth-order valence-corrected chi connectivity index (χ4v) is 3.71. The average Bonchev–Trinajstić information content (AvgIpc) is 3.30. The molecule has 0 N–H and O–H groups in total. The number of ether oxygens (including phenoxy) is 1. The van der Waals surface area contributed by atoms with Gasteiger partial charge in [0.05, 0.1) is 10.7 Å². The number of halogens is 4. The Labute approximate surface area is 178 Å². The summed E-state index contributed by atoms with van der Waals surface area (Å²) < 4.78 is 38.3. The SMILES string of the molecule is CC1=Nn2c(nnc2C(F)F)SC1=Cc1ccc(COc2cccc(Cl)c2Cl)o1. The fraction of sp³-hybridized carbons (Fsp3) is 0.167. The van der Waals surface area contributed by atoms with Gasteiger partial charge in [0, 0.05) is 4.91 Å². The van der Waals surface area contributed by atoms with Crippen molar-refractivity contribution in [3.05, 3.63) is 62.6 Å². The molecule has 0 spiro atoms. The minimum Gasteiger partial charge on any atom is -0.484 e. The first-order valence-corrected chi connectivity index (χ1v) is 9.84. The van der Waals surface area contributed by atoms with Gasteiger partial charge >= 0.3 is 0 Å². The zero-order valence-electron chi connectivity index (χ0n) is 14.8. The van der Waals surface area contributed by atoms with E-state index in [-0.39, 0.29) is 11.8 Å². The van der Waals surface area contributed by atoms with Gasteiger partial charge in [0.25, 0.3) is 6.43 Å². The lowest BCUT2D eigenvalue weighted by Gasteiger charge is -2.13. The second kappa shape index (κ2) is 8.17. The van der Waals surface area contributed by atoms with Crippen LogP contribution in [0.1, 0.15) is 30.7 Å². The van der Waals surface area contributed by atoms with Crippen molar-refractivity contribution in [2.75, 3.05) is 0 Å². The van der Waals surface area contributed by atoms with E-state index in [1.54, 1.807) is 43.3 Å². The molecule has 0 atom stereocenters. The van der Waals surface area contributed by atoms with E-state index in [0.717, 1.165) is 4.68 Å². The Morgan fingerprint density at radius 1 is 1.24 bits per heavy atom. The van der Waals surface area contributed by atoms with Crippen molar-refractivity contribution in [3.63, 3.8) is 0 Å². The second-order valence-corrected chi connectivity index (χ2v) is 7.69. The summed E-state index contributed by atoms with van der Waals surface area (Å²) in [5.41, 5.74) is 0.545. The van der Waals surface area contributed by atoms with Crippen LogP contribution in [0.2, 0.25) is 10.0 Å². The normalized spacial score (nSPS) is 15.0. The predicted octanol–water partition coefficient (Wildman–Crippen LogP) is 6.07. The minimum atomic E-state index is -2.75. The molecule has 0 aliphatic carbocycles. The largest absolute Gasteiger partial charge is 0.484 e. The van der Waals surface area contributed by atoms with E-state index in [1.165, 1.54) is 11.8 Å². The number of fused-ring (bicyclic) bond motifs is 1. The number of thioether (sulfide) groups is 1. The van der Waals surface area contributed by atoms with Gasteiger partial charge in [-0.25, -0.2) is 8.78 Å². The van der Waals surface area contributed by atoms with Gasteiger partial charge in [0.2, 0.25) is 11.0 Å². The lowest BCUT2D eigenvalue weighted by Crippen LogP contribution is -2.09. The van der Waals surface area contributed by atoms with Gasteiger partial charge in [-0.1, -0.05) is 29.3 Å². The van der Waals surface area contributed by atoms with Crippen LogP contribution < -0.4 is 4.74 Å². The third kappa shape index (κ3) is 4.17. The van der Waals surface area contributed by atoms with E-state index in [1.807, 2.05) is 0 Å². The summed E-state index contributed by atoms with van der Waals surface area (Å²) in [6.07, 6.45) is -1.00. The van der Waals surface area contributed by atoms with Crippen molar-refractivity contribution in [1.29, 1.82) is 0 Å². The highest BCUT2D eigenvalue weighted by molar-refractivity contribution is 8.04. The van der Waals surface area contributed by atoms with Crippen molar-refractivity contribution in [1.82, 2.24) is 14.9 Å². The molecule has 0 amide bonds. The van der Waals surface area contributed by atoms with Crippen LogP contribution in [0, 0.1) is 0 Å². The molecule has 150 valence electrons. The maximum Gasteiger partial charge on any atom is 0.299 e. The van der Waals surface area contributed by atoms with Gasteiger partial charge in [-0.05, 0) is 49.0 Å². The predicted molar refractivity (Wildman–Crippen MR) is 107 cm³/mol. The van der Waals surface area contributed by atoms with E-state index in [9.17, 15) is 8.78 Å². The standard InChI is InChI=1S/C18H12Cl2F2N4O2S/c1-9-14(29-18-24-23-17(16(21)22)26(18)25-9)7-10-5-6-11(28-10)8-27-13-4-2-3-12(19)15(13)20/h2-7,16H,8H2,1H3. The molecule has 2 aromatic heterocycles. The molecule has 6 nitrogen and oxygen atoms in total. The van der Waals surface area contributed by atoms with Gasteiger partial charge in [-0.15, -0.1) is 10.2 Å². The molecule has 11 heteroatoms. The Bertz CT molecular complexity index is 1130. The monoisotopic (exact) mass is 456 g/mol. The number of hydrogen-bond acceptors (Lipinski definition) is 6. The molecular formula is C18H12Cl2F2N4O2S. The van der Waals surface area contributed by atoms with Crippen LogP contribution in [-0.2, 0) is 6.61 Å². The van der Waals surface area contributed by atoms with Crippen LogP contribution in [0.25, 0.3) is 6.08 Å². The number of hydrogen-bond donors (Lipinski definition) is 0. The van der Waals surface area contributed by atoms with Crippen molar-refractivity contribution in [2.45, 2.75) is 25.1 Å². The number of allylic oxidation sites excluding steroid dienone is 1. The van der Waals surface area contributed by atoms with Crippen molar-refractivity contribution >= 4 is 46.8 Å². The molecule has 0 saturated heterocycles. The zero-order valence-corrected chi connectivity index (χ0v) is 17.1. The Morgan fingerprint density at radius 3 is 2.86 bits per heavy atom. The maximum atomic E-state index is 12.9. The van der Waals surface area contributed by atoms with Gasteiger partial charge in [-0.3, -0.25) is 0 Å². The van der Waals surface area contributed by atoms with Crippen LogP contribution in [0.15, 0.2) is 49.9 Å². The summed E-state index contributed by atoms with van der Waals surface area (Å²) in [7, 11) is 0. The number of rotatable bonds is 5. The summed E-state index contributed by atoms with van der Waals surface area (Å²) >= 11 is 13.3. The maximum absolute atomic E-state index is 12.9. The molecule has 0 radical (unpaired) electrons. The molecule has 4 rings (SSSR count). The van der Waals surface area contributed by atoms with E-state index in [0.29, 0.717) is 37.9 Å². The molecule has 3 heterocycles. The van der Waals surface area contributed by atoms with Crippen LogP contribution in [0.5, 0.6) is 5.75 Å². The Kier molecular flexibility index (Phi) is 5.62. The van der Waals surface area contributed by atoms with Crippen LogP contribution in [0.3, 0.4) is 0 Å². The molecule has 1 aromatic carbocycles. The van der Waals surface area contributed by atoms with Gasteiger partial charge in [0.1, 0.15) is 28.9 Å². The number of nitrogens with zero attached hydrogens (tertiary/aromatic N) is 4. The molecule has 0 saturated carbocycles. The van der Waals surface area contributed by atoms with Crippen LogP contribution in [-0.4, -0.2) is 20.6 Å². The molecule has 1 aliphatic rings. The van der Waals surface area contributed by atoms with Gasteiger partial charge in [-0.2, -0.15) is 9.78 Å². The van der Waals surface area contributed by atoms with E-state index in [4.69, 9.17) is 32.4 Å². The molecule has 1 aliphatic heterocycles. The van der Waals surface area contributed by atoms with E-state index < -0.39 is 12.2 Å². The quantitative estimate of drug-likeness (QED) is 0.466. The minimum absolute atomic E-state index is 0.162. The number of aromatic nitrogens is 3. The lowest BCUT2D eigenvalue weighted by atomic mass is 10.3. The van der Waals surface area contributed by atoms with Crippen LogP contribution in [0.4, 0.5) is 8.78 Å². The average molecular weight is 457 g/mol. The van der Waals surface area contributed by atoms with Gasteiger partial charge in [0.15, 0.2) is 0 Å². The third-order valence-corrected chi connectivity index (χ3v) is 5.75. The van der Waals surface area contributed by atoms with Crippen molar-refractivity contribution < 1.29 is 17.9 Å². The van der Waals surface area contributed by atoms with E-state index in [2.05, 4.69) is 15.3 Å². The first-order valence-electron chi connectivity index (χ1n) is 8.27. The Morgan fingerprint density at radius 2 is 2.07 bits per heavy atom. The highest BCUT2D eigenvalue weighted by Gasteiger charge is 2.25. The molecular weight excluding hydrogens is 445 g/mol. The highest BCUT2D eigenvalue weighted by atomic mass is 35.5. The first-order chi connectivity index (χ1) is 13.9. The summed E-state index contributed by atoms with van der Waals surface area (Å²) in [6.45, 7) is 1.88. The van der Waals surface area contributed by atoms with Crippen LogP contribution >= 0.6 is 35.0 Å². The molecule has 3 aromatic rings. The zero-order chi connectivity index (χ0) is 20.5. The molecule has 0 fully saturated rings. The summed E-state index contributed by atoms with van der Waals surface area (Å²) in [6, 6.07) is 8.65. The number of benzene rings is 1.